The van der Waals surface area contributed by atoms with Gasteiger partial charge in [-0.15, -0.1) is 11.8 Å². The molecule has 1 aromatic carbocycles. The fourth-order valence-electron chi connectivity index (χ4n) is 3.03. The number of hydrogen-bond donors (Lipinski definition) is 3. The zero-order valence-electron chi connectivity index (χ0n) is 18.2. The molecule has 3 rings (SSSR count). The van der Waals surface area contributed by atoms with Gasteiger partial charge in [0.2, 0.25) is 11.9 Å². The second-order valence-corrected chi connectivity index (χ2v) is 9.22. The van der Waals surface area contributed by atoms with Gasteiger partial charge in [-0.1, -0.05) is 12.1 Å². The third-order valence-corrected chi connectivity index (χ3v) is 6.17. The first-order valence-electron chi connectivity index (χ1n) is 10.7. The van der Waals surface area contributed by atoms with Crippen LogP contribution in [0.4, 0.5) is 21.8 Å². The SMILES string of the molecule is C/C=C(/C)SC(C)C(=O)NCCCNc1nc(Nc2cccc(F)c2)ncc1C1CC1. The van der Waals surface area contributed by atoms with Crippen LogP contribution >= 0.6 is 11.8 Å². The number of allylic oxidation sites excluding steroid dienone is 2. The molecule has 1 saturated carbocycles. The molecule has 6 nitrogen and oxygen atoms in total. The molecule has 2 aromatic rings. The average molecular weight is 444 g/mol. The van der Waals surface area contributed by atoms with Crippen LogP contribution in [0, 0.1) is 5.82 Å². The predicted molar refractivity (Wildman–Crippen MR) is 126 cm³/mol. The zero-order valence-corrected chi connectivity index (χ0v) is 19.1. The lowest BCUT2D eigenvalue weighted by molar-refractivity contribution is -0.120. The van der Waals surface area contributed by atoms with Gasteiger partial charge in [-0.05, 0) is 69.1 Å². The van der Waals surface area contributed by atoms with Crippen molar-refractivity contribution in [3.8, 4) is 0 Å². The van der Waals surface area contributed by atoms with Gasteiger partial charge < -0.3 is 16.0 Å². The summed E-state index contributed by atoms with van der Waals surface area (Å²) in [6.07, 6.45) is 6.93. The van der Waals surface area contributed by atoms with E-state index in [1.165, 1.54) is 12.1 Å². The highest BCUT2D eigenvalue weighted by molar-refractivity contribution is 8.04. The van der Waals surface area contributed by atoms with Crippen LogP contribution in [-0.2, 0) is 4.79 Å². The van der Waals surface area contributed by atoms with Gasteiger partial charge in [0.25, 0.3) is 0 Å². The van der Waals surface area contributed by atoms with Crippen LogP contribution < -0.4 is 16.0 Å². The zero-order chi connectivity index (χ0) is 22.2. The maximum atomic E-state index is 13.4. The Morgan fingerprint density at radius 1 is 1.35 bits per heavy atom. The standard InChI is InChI=1S/C23H30FN5OS/c1-4-15(2)31-16(3)22(30)26-12-6-11-25-21-20(17-9-10-17)14-27-23(29-21)28-19-8-5-7-18(24)13-19/h4-5,7-8,13-14,16-17H,6,9-12H2,1-3H3,(H,26,30)(H2,25,27,28,29)/b15-4-. The first kappa shape index (κ1) is 23.1. The van der Waals surface area contributed by atoms with Crippen LogP contribution in [0.3, 0.4) is 0 Å². The maximum Gasteiger partial charge on any atom is 0.233 e. The highest BCUT2D eigenvalue weighted by Crippen LogP contribution is 2.42. The maximum absolute atomic E-state index is 13.4. The molecule has 166 valence electrons. The Labute approximate surface area is 187 Å². The molecule has 1 aliphatic rings. The second-order valence-electron chi connectivity index (χ2n) is 7.64. The van der Waals surface area contributed by atoms with Crippen LogP contribution in [0.25, 0.3) is 0 Å². The van der Waals surface area contributed by atoms with Crippen molar-refractivity contribution in [3.05, 3.63) is 52.8 Å². The highest BCUT2D eigenvalue weighted by atomic mass is 32.2. The van der Waals surface area contributed by atoms with Crippen LogP contribution in [0.1, 0.15) is 51.5 Å². The van der Waals surface area contributed by atoms with E-state index in [0.717, 1.165) is 35.5 Å². The summed E-state index contributed by atoms with van der Waals surface area (Å²) < 4.78 is 13.4. The topological polar surface area (TPSA) is 78.9 Å². The summed E-state index contributed by atoms with van der Waals surface area (Å²) in [6, 6.07) is 6.22. The quantitative estimate of drug-likeness (QED) is 0.414. The number of halogens is 1. The van der Waals surface area contributed by atoms with Gasteiger partial charge in [-0.25, -0.2) is 9.37 Å². The molecule has 0 radical (unpaired) electrons. The number of carbonyl (C=O) groups is 1. The van der Waals surface area contributed by atoms with Crippen molar-refractivity contribution in [1.29, 1.82) is 0 Å². The third kappa shape index (κ3) is 7.24. The monoisotopic (exact) mass is 443 g/mol. The molecule has 1 aromatic heterocycles. The molecule has 31 heavy (non-hydrogen) atoms. The van der Waals surface area contributed by atoms with Gasteiger partial charge in [-0.3, -0.25) is 4.79 Å². The molecule has 1 fully saturated rings. The van der Waals surface area contributed by atoms with E-state index >= 15 is 0 Å². The Kier molecular flexibility index (Phi) is 8.28. The van der Waals surface area contributed by atoms with Crippen molar-refractivity contribution in [3.63, 3.8) is 0 Å². The Bertz CT molecular complexity index is 932. The highest BCUT2D eigenvalue weighted by Gasteiger charge is 2.27. The number of thioether (sulfide) groups is 1. The number of nitrogens with one attached hydrogen (secondary N) is 3. The number of carbonyl (C=O) groups excluding carboxylic acids is 1. The van der Waals surface area contributed by atoms with E-state index in [2.05, 4.69) is 25.9 Å². The molecule has 1 aliphatic carbocycles. The predicted octanol–water partition coefficient (Wildman–Crippen LogP) is 5.20. The van der Waals surface area contributed by atoms with E-state index in [4.69, 9.17) is 0 Å². The minimum Gasteiger partial charge on any atom is -0.370 e. The normalized spacial score (nSPS) is 14.8. The molecule has 0 spiro atoms. The van der Waals surface area contributed by atoms with Crippen LogP contribution in [0.15, 0.2) is 41.4 Å². The lowest BCUT2D eigenvalue weighted by atomic mass is 10.2. The number of amides is 1. The van der Waals surface area contributed by atoms with Crippen molar-refractivity contribution in [2.45, 2.75) is 51.2 Å². The number of benzene rings is 1. The van der Waals surface area contributed by atoms with Gasteiger partial charge in [0.15, 0.2) is 0 Å². The van der Waals surface area contributed by atoms with Crippen molar-refractivity contribution in [1.82, 2.24) is 15.3 Å². The molecule has 0 saturated heterocycles. The summed E-state index contributed by atoms with van der Waals surface area (Å²) in [5, 5.41) is 9.32. The van der Waals surface area contributed by atoms with Gasteiger partial charge in [0, 0.05) is 30.5 Å². The molecule has 1 amide bonds. The number of nitrogens with zero attached hydrogens (tertiary/aromatic N) is 2. The molecule has 0 aliphatic heterocycles. The summed E-state index contributed by atoms with van der Waals surface area (Å²) in [6.45, 7) is 7.19. The Morgan fingerprint density at radius 2 is 2.16 bits per heavy atom. The molecule has 3 N–H and O–H groups in total. The van der Waals surface area contributed by atoms with E-state index in [-0.39, 0.29) is 17.0 Å². The summed E-state index contributed by atoms with van der Waals surface area (Å²) >= 11 is 1.57. The van der Waals surface area contributed by atoms with E-state index < -0.39 is 0 Å². The Balaban J connectivity index is 1.51. The van der Waals surface area contributed by atoms with E-state index in [1.54, 1.807) is 23.9 Å². The minimum absolute atomic E-state index is 0.0495. The first-order chi connectivity index (χ1) is 15.0. The van der Waals surface area contributed by atoms with Gasteiger partial charge in [0.1, 0.15) is 11.6 Å². The smallest absolute Gasteiger partial charge is 0.233 e. The lowest BCUT2D eigenvalue weighted by Crippen LogP contribution is -2.32. The van der Waals surface area contributed by atoms with Crippen LogP contribution in [0.2, 0.25) is 0 Å². The molecule has 1 atom stereocenters. The van der Waals surface area contributed by atoms with E-state index in [0.29, 0.717) is 30.6 Å². The fourth-order valence-corrected chi connectivity index (χ4v) is 3.92. The summed E-state index contributed by atoms with van der Waals surface area (Å²) in [7, 11) is 0. The Hall–Kier alpha value is -2.61. The average Bonchev–Trinajstić information content (AvgIpc) is 3.58. The van der Waals surface area contributed by atoms with E-state index in [1.807, 2.05) is 33.0 Å². The number of hydrogen-bond acceptors (Lipinski definition) is 6. The first-order valence-corrected chi connectivity index (χ1v) is 11.5. The van der Waals surface area contributed by atoms with Gasteiger partial charge in [-0.2, -0.15) is 4.98 Å². The van der Waals surface area contributed by atoms with E-state index in [9.17, 15) is 9.18 Å². The molecular formula is C23H30FN5OS. The van der Waals surface area contributed by atoms with Crippen molar-refractivity contribution < 1.29 is 9.18 Å². The largest absolute Gasteiger partial charge is 0.370 e. The Morgan fingerprint density at radius 3 is 2.87 bits per heavy atom. The van der Waals surface area contributed by atoms with Crippen LogP contribution in [0.5, 0.6) is 0 Å². The number of aromatic nitrogens is 2. The van der Waals surface area contributed by atoms with Crippen molar-refractivity contribution >= 4 is 35.1 Å². The van der Waals surface area contributed by atoms with Crippen molar-refractivity contribution in [2.24, 2.45) is 0 Å². The summed E-state index contributed by atoms with van der Waals surface area (Å²) in [5.41, 5.74) is 1.72. The summed E-state index contributed by atoms with van der Waals surface area (Å²) in [4.78, 5) is 22.3. The number of anilines is 3. The van der Waals surface area contributed by atoms with Crippen LogP contribution in [-0.4, -0.2) is 34.2 Å². The lowest BCUT2D eigenvalue weighted by Gasteiger charge is -2.14. The molecule has 8 heteroatoms. The third-order valence-electron chi connectivity index (χ3n) is 5.00. The fraction of sp³-hybridized carbons (Fsp3) is 0.435. The second kappa shape index (κ2) is 11.1. The summed E-state index contributed by atoms with van der Waals surface area (Å²) in [5.74, 6) is 1.46. The van der Waals surface area contributed by atoms with Gasteiger partial charge in [0.05, 0.1) is 5.25 Å². The van der Waals surface area contributed by atoms with Gasteiger partial charge >= 0.3 is 0 Å². The molecular weight excluding hydrogens is 413 g/mol. The minimum atomic E-state index is -0.311. The van der Waals surface area contributed by atoms with Crippen molar-refractivity contribution in [2.75, 3.05) is 23.7 Å². The molecule has 1 heterocycles. The molecule has 0 bridgehead atoms. The molecule has 1 unspecified atom stereocenters. The number of rotatable bonds is 11.